The molecule has 2 aromatic carbocycles. The van der Waals surface area contributed by atoms with Crippen molar-refractivity contribution < 1.29 is 18.8 Å². The lowest BCUT2D eigenvalue weighted by molar-refractivity contribution is -0.136. The fourth-order valence-electron chi connectivity index (χ4n) is 2.56. The van der Waals surface area contributed by atoms with Crippen molar-refractivity contribution in [2.24, 2.45) is 5.10 Å². The Labute approximate surface area is 173 Å². The molecule has 3 aromatic rings. The van der Waals surface area contributed by atoms with Crippen molar-refractivity contribution in [1.29, 1.82) is 0 Å². The number of hydrogen-bond acceptors (Lipinski definition) is 5. The zero-order chi connectivity index (χ0) is 21.3. The number of benzene rings is 2. The summed E-state index contributed by atoms with van der Waals surface area (Å²) in [7, 11) is 0. The fourth-order valence-corrected chi connectivity index (χ4v) is 2.56. The van der Waals surface area contributed by atoms with Gasteiger partial charge in [0.25, 0.3) is 5.91 Å². The number of hydrogen-bond donors (Lipinski definition) is 3. The molecular formula is C22H20N4O4. The van der Waals surface area contributed by atoms with Gasteiger partial charge >= 0.3 is 11.8 Å². The van der Waals surface area contributed by atoms with Gasteiger partial charge < -0.3 is 15.1 Å². The minimum Gasteiger partial charge on any atom is -0.458 e. The third kappa shape index (κ3) is 5.65. The van der Waals surface area contributed by atoms with Crippen LogP contribution in [0, 0.1) is 6.92 Å². The first-order valence-corrected chi connectivity index (χ1v) is 9.15. The maximum atomic E-state index is 12.1. The second-order valence-electron chi connectivity index (χ2n) is 6.32. The van der Waals surface area contributed by atoms with Crippen LogP contribution in [0.4, 0.5) is 5.69 Å². The fraction of sp³-hybridized carbons (Fsp3) is 0.0909. The first-order chi connectivity index (χ1) is 14.5. The van der Waals surface area contributed by atoms with Crippen LogP contribution in [-0.2, 0) is 16.1 Å². The highest BCUT2D eigenvalue weighted by atomic mass is 16.3. The maximum Gasteiger partial charge on any atom is 0.313 e. The number of para-hydroxylation sites is 1. The number of amides is 3. The molecule has 8 heteroatoms. The molecule has 3 rings (SSSR count). The third-order valence-corrected chi connectivity index (χ3v) is 4.09. The molecule has 0 aliphatic carbocycles. The van der Waals surface area contributed by atoms with E-state index in [2.05, 4.69) is 21.2 Å². The van der Waals surface area contributed by atoms with Crippen LogP contribution in [-0.4, -0.2) is 23.9 Å². The topological polar surface area (TPSA) is 113 Å². The number of anilines is 1. The largest absolute Gasteiger partial charge is 0.458 e. The van der Waals surface area contributed by atoms with Gasteiger partial charge in [-0.15, -0.1) is 0 Å². The van der Waals surface area contributed by atoms with E-state index >= 15 is 0 Å². The first-order valence-electron chi connectivity index (χ1n) is 9.15. The van der Waals surface area contributed by atoms with E-state index in [9.17, 15) is 14.4 Å². The van der Waals surface area contributed by atoms with Crippen LogP contribution in [0.1, 0.15) is 27.4 Å². The Morgan fingerprint density at radius 2 is 1.67 bits per heavy atom. The van der Waals surface area contributed by atoms with E-state index in [1.165, 1.54) is 6.21 Å². The van der Waals surface area contributed by atoms with Crippen molar-refractivity contribution in [3.05, 3.63) is 89.4 Å². The number of furan rings is 1. The third-order valence-electron chi connectivity index (χ3n) is 4.09. The van der Waals surface area contributed by atoms with Crippen LogP contribution in [0.3, 0.4) is 0 Å². The molecule has 1 heterocycles. The molecule has 0 saturated heterocycles. The summed E-state index contributed by atoms with van der Waals surface area (Å²) in [5.74, 6) is -1.06. The molecular weight excluding hydrogens is 384 g/mol. The van der Waals surface area contributed by atoms with Gasteiger partial charge in [0, 0.05) is 11.3 Å². The summed E-state index contributed by atoms with van der Waals surface area (Å²) in [6, 6.07) is 19.1. The summed E-state index contributed by atoms with van der Waals surface area (Å²) < 4.78 is 5.50. The van der Waals surface area contributed by atoms with Gasteiger partial charge in [0.05, 0.1) is 12.8 Å². The van der Waals surface area contributed by atoms with Crippen molar-refractivity contribution in [1.82, 2.24) is 10.7 Å². The highest BCUT2D eigenvalue weighted by Crippen LogP contribution is 2.08. The van der Waals surface area contributed by atoms with Crippen molar-refractivity contribution in [2.75, 3.05) is 5.32 Å². The molecule has 0 bridgehead atoms. The lowest BCUT2D eigenvalue weighted by atomic mass is 10.1. The number of carbonyl (C=O) groups excluding carboxylic acids is 3. The molecule has 0 atom stereocenters. The van der Waals surface area contributed by atoms with Crippen LogP contribution < -0.4 is 16.1 Å². The molecule has 0 unspecified atom stereocenters. The number of aryl methyl sites for hydroxylation is 1. The van der Waals surface area contributed by atoms with Crippen LogP contribution in [0.15, 0.2) is 76.2 Å². The number of nitrogens with one attached hydrogen (secondary N) is 3. The molecule has 0 saturated carbocycles. The van der Waals surface area contributed by atoms with Crippen LogP contribution in [0.2, 0.25) is 0 Å². The molecule has 3 amide bonds. The molecule has 8 nitrogen and oxygen atoms in total. The predicted molar refractivity (Wildman–Crippen MR) is 112 cm³/mol. The van der Waals surface area contributed by atoms with Gasteiger partial charge in [-0.25, -0.2) is 5.43 Å². The Hall–Kier alpha value is -4.20. The van der Waals surface area contributed by atoms with E-state index in [0.717, 1.165) is 5.56 Å². The van der Waals surface area contributed by atoms with Crippen molar-refractivity contribution in [2.45, 2.75) is 13.5 Å². The maximum absolute atomic E-state index is 12.1. The van der Waals surface area contributed by atoms with Crippen LogP contribution in [0.5, 0.6) is 0 Å². The van der Waals surface area contributed by atoms with E-state index in [1.807, 2.05) is 25.1 Å². The van der Waals surface area contributed by atoms with Gasteiger partial charge in [-0.1, -0.05) is 36.4 Å². The van der Waals surface area contributed by atoms with E-state index in [4.69, 9.17) is 4.42 Å². The van der Waals surface area contributed by atoms with E-state index in [1.54, 1.807) is 48.5 Å². The van der Waals surface area contributed by atoms with Gasteiger partial charge in [0.1, 0.15) is 11.5 Å². The Morgan fingerprint density at radius 1 is 0.933 bits per heavy atom. The zero-order valence-electron chi connectivity index (χ0n) is 16.2. The average Bonchev–Trinajstić information content (AvgIpc) is 3.20. The molecule has 0 spiro atoms. The minimum absolute atomic E-state index is 0.0322. The monoisotopic (exact) mass is 404 g/mol. The van der Waals surface area contributed by atoms with Crippen molar-refractivity contribution in [3.63, 3.8) is 0 Å². The number of rotatable bonds is 6. The molecule has 1 aromatic heterocycles. The summed E-state index contributed by atoms with van der Waals surface area (Å²) in [6.45, 7) is 1.87. The van der Waals surface area contributed by atoms with Gasteiger partial charge in [-0.2, -0.15) is 5.10 Å². The lowest BCUT2D eigenvalue weighted by Gasteiger charge is -2.05. The average molecular weight is 404 g/mol. The zero-order valence-corrected chi connectivity index (χ0v) is 16.2. The molecule has 3 N–H and O–H groups in total. The van der Waals surface area contributed by atoms with E-state index < -0.39 is 11.8 Å². The SMILES string of the molecule is Cc1ccccc1C(=O)N/N=C/c1ccc(CNC(=O)C(=O)Nc2ccccc2)o1. The summed E-state index contributed by atoms with van der Waals surface area (Å²) in [5, 5.41) is 8.84. The normalized spacial score (nSPS) is 10.6. The lowest BCUT2D eigenvalue weighted by Crippen LogP contribution is -2.34. The Balaban J connectivity index is 1.47. The minimum atomic E-state index is -0.782. The summed E-state index contributed by atoms with van der Waals surface area (Å²) in [4.78, 5) is 35.9. The second-order valence-corrected chi connectivity index (χ2v) is 6.32. The first kappa shape index (κ1) is 20.5. The smallest absolute Gasteiger partial charge is 0.313 e. The Kier molecular flexibility index (Phi) is 6.73. The van der Waals surface area contributed by atoms with Crippen LogP contribution in [0.25, 0.3) is 0 Å². The highest BCUT2D eigenvalue weighted by Gasteiger charge is 2.14. The van der Waals surface area contributed by atoms with Gasteiger partial charge in [0.2, 0.25) is 0 Å². The molecule has 0 aliphatic heterocycles. The van der Waals surface area contributed by atoms with E-state index in [-0.39, 0.29) is 12.5 Å². The van der Waals surface area contributed by atoms with Crippen molar-refractivity contribution >= 4 is 29.6 Å². The van der Waals surface area contributed by atoms with Gasteiger partial charge in [-0.3, -0.25) is 14.4 Å². The highest BCUT2D eigenvalue weighted by molar-refractivity contribution is 6.39. The summed E-state index contributed by atoms with van der Waals surface area (Å²) in [6.07, 6.45) is 1.35. The Morgan fingerprint density at radius 3 is 2.43 bits per heavy atom. The van der Waals surface area contributed by atoms with Crippen LogP contribution >= 0.6 is 0 Å². The quantitative estimate of drug-likeness (QED) is 0.333. The van der Waals surface area contributed by atoms with Gasteiger partial charge in [-0.05, 0) is 42.8 Å². The summed E-state index contributed by atoms with van der Waals surface area (Å²) >= 11 is 0. The molecule has 0 fully saturated rings. The number of carbonyl (C=O) groups is 3. The van der Waals surface area contributed by atoms with Gasteiger partial charge in [0.15, 0.2) is 0 Å². The molecule has 0 aliphatic rings. The summed E-state index contributed by atoms with van der Waals surface area (Å²) in [5.41, 5.74) is 4.34. The number of nitrogens with zero attached hydrogens (tertiary/aromatic N) is 1. The van der Waals surface area contributed by atoms with Crippen molar-refractivity contribution in [3.8, 4) is 0 Å². The number of hydrazone groups is 1. The molecule has 152 valence electrons. The molecule has 0 radical (unpaired) electrons. The molecule has 30 heavy (non-hydrogen) atoms. The standard InChI is InChI=1S/C22H20N4O4/c1-15-7-5-6-10-19(15)20(27)26-24-14-18-12-11-17(30-18)13-23-21(28)22(29)25-16-8-3-2-4-9-16/h2-12,14H,13H2,1H3,(H,23,28)(H,25,29)(H,26,27)/b24-14+. The van der Waals surface area contributed by atoms with E-state index in [0.29, 0.717) is 22.8 Å². The second kappa shape index (κ2) is 9.83. The predicted octanol–water partition coefficient (Wildman–Crippen LogP) is 2.61. The Bertz CT molecular complexity index is 1070.